The number of hydrogen-bond acceptors (Lipinski definition) is 4. The first-order chi connectivity index (χ1) is 9.65. The number of nitrogens with zero attached hydrogens (tertiary/aromatic N) is 3. The monoisotopic (exact) mass is 293 g/mol. The van der Waals surface area contributed by atoms with E-state index >= 15 is 0 Å². The van der Waals surface area contributed by atoms with Gasteiger partial charge in [-0.25, -0.2) is 0 Å². The Morgan fingerprint density at radius 2 is 2.10 bits per heavy atom. The molecule has 6 heteroatoms. The van der Waals surface area contributed by atoms with Gasteiger partial charge in [-0.1, -0.05) is 26.7 Å². The Bertz CT molecular complexity index is 594. The largest absolute Gasteiger partial charge is 0.366 e. The van der Waals surface area contributed by atoms with Crippen molar-refractivity contribution in [3.05, 3.63) is 11.5 Å². The maximum atomic E-state index is 5.99. The third-order valence-electron chi connectivity index (χ3n) is 4.28. The molecule has 0 bridgehead atoms. The number of anilines is 1. The van der Waals surface area contributed by atoms with Crippen LogP contribution in [-0.4, -0.2) is 26.2 Å². The summed E-state index contributed by atoms with van der Waals surface area (Å²) in [5, 5.41) is 11.6. The van der Waals surface area contributed by atoms with Crippen LogP contribution in [0.1, 0.15) is 39.5 Å². The molecule has 2 heterocycles. The predicted octanol–water partition coefficient (Wildman–Crippen LogP) is 3.63. The second-order valence-electron chi connectivity index (χ2n) is 5.92. The molecule has 0 spiro atoms. The molecular formula is C14H20ClN5. The molecule has 1 fully saturated rings. The van der Waals surface area contributed by atoms with E-state index in [-0.39, 0.29) is 5.28 Å². The van der Waals surface area contributed by atoms with Crippen molar-refractivity contribution in [3.63, 3.8) is 0 Å². The van der Waals surface area contributed by atoms with Crippen LogP contribution in [0.4, 0.5) is 5.82 Å². The van der Waals surface area contributed by atoms with Gasteiger partial charge in [0.05, 0.1) is 11.6 Å². The molecule has 2 atom stereocenters. The minimum atomic E-state index is 0.251. The van der Waals surface area contributed by atoms with E-state index in [1.165, 1.54) is 25.7 Å². The summed E-state index contributed by atoms with van der Waals surface area (Å²) in [6.45, 7) is 4.59. The van der Waals surface area contributed by atoms with E-state index in [0.717, 1.165) is 11.2 Å². The molecule has 20 heavy (non-hydrogen) atoms. The molecule has 2 unspecified atom stereocenters. The third-order valence-corrected chi connectivity index (χ3v) is 4.45. The van der Waals surface area contributed by atoms with Crippen LogP contribution in [0.15, 0.2) is 6.20 Å². The number of fused-ring (bicyclic) bond motifs is 1. The number of hydrogen-bond donors (Lipinski definition) is 2. The van der Waals surface area contributed by atoms with Crippen molar-refractivity contribution < 1.29 is 0 Å². The zero-order valence-electron chi connectivity index (χ0n) is 11.9. The number of aromatic amines is 1. The molecule has 5 nitrogen and oxygen atoms in total. The van der Waals surface area contributed by atoms with Gasteiger partial charge >= 0.3 is 0 Å². The lowest BCUT2D eigenvalue weighted by atomic mass is 9.78. The Kier molecular flexibility index (Phi) is 3.78. The van der Waals surface area contributed by atoms with Crippen LogP contribution in [0.3, 0.4) is 0 Å². The molecule has 1 saturated carbocycles. The number of rotatable bonds is 3. The lowest BCUT2D eigenvalue weighted by molar-refractivity contribution is 0.253. The first-order valence-electron chi connectivity index (χ1n) is 7.28. The molecule has 2 aromatic rings. The SMILES string of the molecule is CC(C)C1CCCCC1Nc1nc(Cl)nc2[nH]ncc12. The highest BCUT2D eigenvalue weighted by Gasteiger charge is 2.28. The predicted molar refractivity (Wildman–Crippen MR) is 80.9 cm³/mol. The van der Waals surface area contributed by atoms with E-state index in [4.69, 9.17) is 11.6 Å². The minimum Gasteiger partial charge on any atom is -0.366 e. The van der Waals surface area contributed by atoms with Crippen LogP contribution >= 0.6 is 11.6 Å². The average Bonchev–Trinajstić information content (AvgIpc) is 2.87. The summed E-state index contributed by atoms with van der Waals surface area (Å²) in [7, 11) is 0. The summed E-state index contributed by atoms with van der Waals surface area (Å²) in [5.41, 5.74) is 0.685. The second kappa shape index (κ2) is 5.56. The molecule has 0 aromatic carbocycles. The van der Waals surface area contributed by atoms with Crippen molar-refractivity contribution in [2.45, 2.75) is 45.6 Å². The highest BCUT2D eigenvalue weighted by Crippen LogP contribution is 2.33. The fourth-order valence-corrected chi connectivity index (χ4v) is 3.40. The highest BCUT2D eigenvalue weighted by molar-refractivity contribution is 6.28. The van der Waals surface area contributed by atoms with E-state index in [9.17, 15) is 0 Å². The van der Waals surface area contributed by atoms with E-state index in [2.05, 4.69) is 39.3 Å². The van der Waals surface area contributed by atoms with Gasteiger partial charge in [0.25, 0.3) is 0 Å². The van der Waals surface area contributed by atoms with Crippen molar-refractivity contribution in [1.29, 1.82) is 0 Å². The fourth-order valence-electron chi connectivity index (χ4n) is 3.23. The Balaban J connectivity index is 1.89. The minimum absolute atomic E-state index is 0.251. The topological polar surface area (TPSA) is 66.5 Å². The van der Waals surface area contributed by atoms with Crippen LogP contribution in [0.25, 0.3) is 11.0 Å². The van der Waals surface area contributed by atoms with Crippen LogP contribution < -0.4 is 5.32 Å². The molecule has 1 aliphatic rings. The Hall–Kier alpha value is -1.36. The highest BCUT2D eigenvalue weighted by atomic mass is 35.5. The summed E-state index contributed by atoms with van der Waals surface area (Å²) in [6.07, 6.45) is 6.81. The third kappa shape index (κ3) is 2.59. The number of H-pyrrole nitrogens is 1. The van der Waals surface area contributed by atoms with Crippen LogP contribution in [0, 0.1) is 11.8 Å². The molecule has 108 valence electrons. The quantitative estimate of drug-likeness (QED) is 0.848. The van der Waals surface area contributed by atoms with E-state index in [0.29, 0.717) is 23.5 Å². The summed E-state index contributed by atoms with van der Waals surface area (Å²) in [6, 6.07) is 0.452. The van der Waals surface area contributed by atoms with Gasteiger partial charge < -0.3 is 5.32 Å². The fraction of sp³-hybridized carbons (Fsp3) is 0.643. The summed E-state index contributed by atoms with van der Waals surface area (Å²) in [5.74, 6) is 2.15. The summed E-state index contributed by atoms with van der Waals surface area (Å²) in [4.78, 5) is 8.48. The van der Waals surface area contributed by atoms with Crippen LogP contribution in [0.2, 0.25) is 5.28 Å². The standard InChI is InChI=1S/C14H20ClN5/c1-8(2)9-5-3-4-6-11(9)17-12-10-7-16-20-13(10)19-14(15)18-12/h7-9,11H,3-6H2,1-2H3,(H2,16,17,18,19,20). The zero-order valence-corrected chi connectivity index (χ0v) is 12.6. The smallest absolute Gasteiger partial charge is 0.226 e. The van der Waals surface area contributed by atoms with Crippen molar-refractivity contribution in [1.82, 2.24) is 20.2 Å². The molecule has 0 amide bonds. The van der Waals surface area contributed by atoms with Gasteiger partial charge in [-0.2, -0.15) is 15.1 Å². The number of halogens is 1. The number of aromatic nitrogens is 4. The van der Waals surface area contributed by atoms with Crippen molar-refractivity contribution in [3.8, 4) is 0 Å². The molecule has 3 rings (SSSR count). The Labute approximate surface area is 123 Å². The van der Waals surface area contributed by atoms with Gasteiger partial charge in [-0.05, 0) is 36.3 Å². The van der Waals surface area contributed by atoms with Gasteiger partial charge in [0.2, 0.25) is 5.28 Å². The lowest BCUT2D eigenvalue weighted by Gasteiger charge is -2.35. The van der Waals surface area contributed by atoms with Gasteiger partial charge in [0.1, 0.15) is 5.82 Å². The Morgan fingerprint density at radius 1 is 1.30 bits per heavy atom. The van der Waals surface area contributed by atoms with Crippen LogP contribution in [0.5, 0.6) is 0 Å². The van der Waals surface area contributed by atoms with E-state index in [1.807, 2.05) is 0 Å². The van der Waals surface area contributed by atoms with E-state index < -0.39 is 0 Å². The normalized spacial score (nSPS) is 23.4. The second-order valence-corrected chi connectivity index (χ2v) is 6.25. The maximum Gasteiger partial charge on any atom is 0.226 e. The van der Waals surface area contributed by atoms with Crippen molar-refractivity contribution in [2.75, 3.05) is 5.32 Å². The van der Waals surface area contributed by atoms with Gasteiger partial charge in [-0.3, -0.25) is 5.10 Å². The van der Waals surface area contributed by atoms with Crippen LogP contribution in [-0.2, 0) is 0 Å². The van der Waals surface area contributed by atoms with Gasteiger partial charge in [-0.15, -0.1) is 0 Å². The Morgan fingerprint density at radius 3 is 2.90 bits per heavy atom. The van der Waals surface area contributed by atoms with Crippen molar-refractivity contribution >= 4 is 28.5 Å². The first-order valence-corrected chi connectivity index (χ1v) is 7.66. The van der Waals surface area contributed by atoms with E-state index in [1.54, 1.807) is 6.20 Å². The lowest BCUT2D eigenvalue weighted by Crippen LogP contribution is -2.35. The molecule has 0 saturated heterocycles. The molecule has 0 radical (unpaired) electrons. The zero-order chi connectivity index (χ0) is 14.1. The van der Waals surface area contributed by atoms with Crippen molar-refractivity contribution in [2.24, 2.45) is 11.8 Å². The average molecular weight is 294 g/mol. The molecule has 2 aromatic heterocycles. The molecule has 1 aliphatic carbocycles. The molecular weight excluding hydrogens is 274 g/mol. The van der Waals surface area contributed by atoms with Gasteiger partial charge in [0, 0.05) is 6.04 Å². The maximum absolute atomic E-state index is 5.99. The first kappa shape index (κ1) is 13.6. The summed E-state index contributed by atoms with van der Waals surface area (Å²) >= 11 is 5.99. The van der Waals surface area contributed by atoms with Gasteiger partial charge in [0.15, 0.2) is 5.65 Å². The summed E-state index contributed by atoms with van der Waals surface area (Å²) < 4.78 is 0. The molecule has 0 aliphatic heterocycles. The molecule has 2 N–H and O–H groups in total. The number of nitrogens with one attached hydrogen (secondary N) is 2.